The predicted octanol–water partition coefficient (Wildman–Crippen LogP) is 4.98. The minimum Gasteiger partial charge on any atom is -0.490 e. The first-order valence-electron chi connectivity index (χ1n) is 8.15. The molecule has 1 aromatic heterocycles. The Labute approximate surface area is 150 Å². The topological polar surface area (TPSA) is 74.4 Å². The molecule has 1 heterocycles. The lowest BCUT2D eigenvalue weighted by Crippen LogP contribution is -2.27. The van der Waals surface area contributed by atoms with Crippen molar-refractivity contribution in [1.29, 1.82) is 0 Å². The van der Waals surface area contributed by atoms with Gasteiger partial charge in [0.05, 0.1) is 6.61 Å². The molecule has 0 fully saturated rings. The van der Waals surface area contributed by atoms with Gasteiger partial charge in [-0.1, -0.05) is 32.4 Å². The standard InChI is InChI=1S/C13H20ClNO.C5H11NO2/c1-9(2)7-10(3)8-16-12-6-5-11(4)15-13(12)14;1-5(2,3)8-4(6)7/h5-6,9-10H,7-8H2,1-4H3;1-3H3,(H2,6,7). The van der Waals surface area contributed by atoms with Crippen molar-refractivity contribution in [2.45, 2.75) is 60.5 Å². The van der Waals surface area contributed by atoms with Crippen LogP contribution in [0.1, 0.15) is 53.7 Å². The van der Waals surface area contributed by atoms with Crippen molar-refractivity contribution in [1.82, 2.24) is 4.98 Å². The molecule has 1 atom stereocenters. The number of carbonyl (C=O) groups is 1. The molecular formula is C18H31ClN2O3. The lowest BCUT2D eigenvalue weighted by atomic mass is 10.00. The lowest BCUT2D eigenvalue weighted by Gasteiger charge is -2.16. The number of nitrogens with zero attached hydrogens (tertiary/aromatic N) is 1. The Balaban J connectivity index is 0.000000561. The molecule has 24 heavy (non-hydrogen) atoms. The molecule has 5 nitrogen and oxygen atoms in total. The van der Waals surface area contributed by atoms with Crippen molar-refractivity contribution in [2.24, 2.45) is 17.6 Å². The number of amides is 1. The van der Waals surface area contributed by atoms with Crippen LogP contribution in [-0.4, -0.2) is 23.3 Å². The van der Waals surface area contributed by atoms with Crippen molar-refractivity contribution in [3.63, 3.8) is 0 Å². The van der Waals surface area contributed by atoms with E-state index in [1.54, 1.807) is 20.8 Å². The Bertz CT molecular complexity index is 513. The third-order valence-electron chi connectivity index (χ3n) is 2.76. The monoisotopic (exact) mass is 358 g/mol. The number of carbonyl (C=O) groups excluding carboxylic acids is 1. The fraction of sp³-hybridized carbons (Fsp3) is 0.667. The van der Waals surface area contributed by atoms with Gasteiger partial charge in [-0.3, -0.25) is 0 Å². The summed E-state index contributed by atoms with van der Waals surface area (Å²) in [6, 6.07) is 3.79. The van der Waals surface area contributed by atoms with E-state index in [-0.39, 0.29) is 0 Å². The minimum atomic E-state index is -0.725. The van der Waals surface area contributed by atoms with E-state index in [1.165, 1.54) is 0 Å². The number of hydrogen-bond acceptors (Lipinski definition) is 4. The van der Waals surface area contributed by atoms with E-state index < -0.39 is 11.7 Å². The molecular weight excluding hydrogens is 328 g/mol. The van der Waals surface area contributed by atoms with Crippen LogP contribution in [0.2, 0.25) is 5.15 Å². The van der Waals surface area contributed by atoms with E-state index >= 15 is 0 Å². The number of nitrogens with two attached hydrogens (primary N) is 1. The van der Waals surface area contributed by atoms with Crippen molar-refractivity contribution in [3.05, 3.63) is 23.0 Å². The van der Waals surface area contributed by atoms with Crippen molar-refractivity contribution in [2.75, 3.05) is 6.61 Å². The number of ether oxygens (including phenoxy) is 2. The van der Waals surface area contributed by atoms with Gasteiger partial charge >= 0.3 is 6.09 Å². The zero-order chi connectivity index (χ0) is 18.9. The van der Waals surface area contributed by atoms with E-state index in [0.29, 0.717) is 29.3 Å². The molecule has 1 rings (SSSR count). The third kappa shape index (κ3) is 12.0. The summed E-state index contributed by atoms with van der Waals surface area (Å²) >= 11 is 5.98. The molecule has 1 amide bonds. The molecule has 0 aliphatic carbocycles. The summed E-state index contributed by atoms with van der Waals surface area (Å²) < 4.78 is 10.2. The summed E-state index contributed by atoms with van der Waals surface area (Å²) in [4.78, 5) is 14.2. The maximum atomic E-state index is 10.0. The smallest absolute Gasteiger partial charge is 0.405 e. The molecule has 0 bridgehead atoms. The highest BCUT2D eigenvalue weighted by Gasteiger charge is 2.12. The maximum absolute atomic E-state index is 10.0. The first kappa shape index (κ1) is 22.5. The van der Waals surface area contributed by atoms with Gasteiger partial charge in [0.15, 0.2) is 10.9 Å². The van der Waals surface area contributed by atoms with Gasteiger partial charge in [-0.05, 0) is 58.1 Å². The van der Waals surface area contributed by atoms with Crippen LogP contribution in [0.5, 0.6) is 5.75 Å². The second kappa shape index (κ2) is 10.4. The fourth-order valence-electron chi connectivity index (χ4n) is 2.03. The fourth-order valence-corrected chi connectivity index (χ4v) is 2.28. The molecule has 6 heteroatoms. The molecule has 2 N–H and O–H groups in total. The van der Waals surface area contributed by atoms with Crippen LogP contribution in [0, 0.1) is 18.8 Å². The van der Waals surface area contributed by atoms with Gasteiger partial charge in [-0.15, -0.1) is 0 Å². The molecule has 0 saturated heterocycles. The summed E-state index contributed by atoms with van der Waals surface area (Å²) in [7, 11) is 0. The van der Waals surface area contributed by atoms with Gasteiger partial charge in [0.2, 0.25) is 0 Å². The van der Waals surface area contributed by atoms with Crippen LogP contribution in [0.3, 0.4) is 0 Å². The number of pyridine rings is 1. The molecule has 138 valence electrons. The van der Waals surface area contributed by atoms with E-state index in [9.17, 15) is 4.79 Å². The highest BCUT2D eigenvalue weighted by molar-refractivity contribution is 6.30. The number of rotatable bonds is 5. The SMILES string of the molecule is CC(C)(C)OC(N)=O.Cc1ccc(OCC(C)CC(C)C)c(Cl)n1. The van der Waals surface area contributed by atoms with Crippen LogP contribution < -0.4 is 10.5 Å². The normalized spacial score (nSPS) is 12.2. The van der Waals surface area contributed by atoms with Crippen molar-refractivity contribution in [3.8, 4) is 5.75 Å². The third-order valence-corrected chi connectivity index (χ3v) is 3.03. The van der Waals surface area contributed by atoms with Gasteiger partial charge in [0.25, 0.3) is 0 Å². The number of aryl methyl sites for hydroxylation is 1. The van der Waals surface area contributed by atoms with Crippen LogP contribution in [-0.2, 0) is 4.74 Å². The van der Waals surface area contributed by atoms with Gasteiger partial charge in [-0.2, -0.15) is 0 Å². The highest BCUT2D eigenvalue weighted by atomic mass is 35.5. The number of halogens is 1. The number of aromatic nitrogens is 1. The lowest BCUT2D eigenvalue weighted by molar-refractivity contribution is 0.0600. The Morgan fingerprint density at radius 1 is 1.29 bits per heavy atom. The van der Waals surface area contributed by atoms with E-state index in [1.807, 2.05) is 19.1 Å². The molecule has 0 radical (unpaired) electrons. The summed E-state index contributed by atoms with van der Waals surface area (Å²) in [6.45, 7) is 14.5. The Morgan fingerprint density at radius 3 is 2.25 bits per heavy atom. The second-order valence-corrected chi connectivity index (χ2v) is 7.68. The summed E-state index contributed by atoms with van der Waals surface area (Å²) in [5.41, 5.74) is 5.17. The quantitative estimate of drug-likeness (QED) is 0.753. The average Bonchev–Trinajstić information content (AvgIpc) is 2.34. The molecule has 0 aliphatic heterocycles. The largest absolute Gasteiger partial charge is 0.490 e. The van der Waals surface area contributed by atoms with Crippen LogP contribution in [0.4, 0.5) is 4.79 Å². The van der Waals surface area contributed by atoms with Gasteiger partial charge < -0.3 is 15.2 Å². The van der Waals surface area contributed by atoms with Crippen molar-refractivity contribution >= 4 is 17.7 Å². The minimum absolute atomic E-state index is 0.453. The zero-order valence-electron chi connectivity index (χ0n) is 15.9. The summed E-state index contributed by atoms with van der Waals surface area (Å²) in [5.74, 6) is 1.92. The Morgan fingerprint density at radius 2 is 1.88 bits per heavy atom. The Kier molecular flexibility index (Phi) is 9.75. The number of primary amides is 1. The first-order chi connectivity index (χ1) is 10.9. The molecule has 0 aliphatic rings. The van der Waals surface area contributed by atoms with Gasteiger partial charge in [0.1, 0.15) is 5.60 Å². The molecule has 0 aromatic carbocycles. The van der Waals surface area contributed by atoms with Gasteiger partial charge in [-0.25, -0.2) is 9.78 Å². The van der Waals surface area contributed by atoms with Crippen LogP contribution >= 0.6 is 11.6 Å². The van der Waals surface area contributed by atoms with Crippen LogP contribution in [0.15, 0.2) is 12.1 Å². The maximum Gasteiger partial charge on any atom is 0.405 e. The van der Waals surface area contributed by atoms with E-state index in [0.717, 1.165) is 12.1 Å². The predicted molar refractivity (Wildman–Crippen MR) is 98.5 cm³/mol. The molecule has 0 saturated carbocycles. The number of hydrogen-bond donors (Lipinski definition) is 1. The molecule has 0 spiro atoms. The zero-order valence-corrected chi connectivity index (χ0v) is 16.6. The Hall–Kier alpha value is -1.49. The van der Waals surface area contributed by atoms with Crippen molar-refractivity contribution < 1.29 is 14.3 Å². The summed E-state index contributed by atoms with van der Waals surface area (Å²) in [5, 5.41) is 0.455. The van der Waals surface area contributed by atoms with E-state index in [2.05, 4.69) is 30.5 Å². The van der Waals surface area contributed by atoms with Crippen LogP contribution in [0.25, 0.3) is 0 Å². The second-order valence-electron chi connectivity index (χ2n) is 7.32. The average molecular weight is 359 g/mol. The summed E-state index contributed by atoms with van der Waals surface area (Å²) in [6.07, 6.45) is 0.439. The molecule has 1 unspecified atom stereocenters. The highest BCUT2D eigenvalue weighted by Crippen LogP contribution is 2.23. The van der Waals surface area contributed by atoms with Gasteiger partial charge in [0, 0.05) is 5.69 Å². The molecule has 1 aromatic rings. The first-order valence-corrected chi connectivity index (χ1v) is 8.53. The van der Waals surface area contributed by atoms with E-state index in [4.69, 9.17) is 22.1 Å².